The molecule has 1 aliphatic heterocycles. The van der Waals surface area contributed by atoms with E-state index in [2.05, 4.69) is 5.32 Å². The number of anilines is 1. The van der Waals surface area contributed by atoms with Crippen LogP contribution in [-0.4, -0.2) is 27.7 Å². The van der Waals surface area contributed by atoms with Gasteiger partial charge in [-0.1, -0.05) is 35.9 Å². The van der Waals surface area contributed by atoms with Crippen molar-refractivity contribution < 1.29 is 29.0 Å². The number of barbiturate groups is 1. The number of halogens is 1. The number of urea groups is 1. The summed E-state index contributed by atoms with van der Waals surface area (Å²) in [4.78, 5) is 60.0. The van der Waals surface area contributed by atoms with Gasteiger partial charge >= 0.3 is 11.7 Å². The first kappa shape index (κ1) is 25.0. The van der Waals surface area contributed by atoms with E-state index < -0.39 is 44.6 Å². The average molecular weight is 523 g/mol. The van der Waals surface area contributed by atoms with Crippen LogP contribution >= 0.6 is 11.6 Å². The molecule has 4 rings (SSSR count). The molecule has 3 aromatic rings. The van der Waals surface area contributed by atoms with Crippen molar-refractivity contribution in [2.45, 2.75) is 6.92 Å². The molecule has 0 saturated carbocycles. The smallest absolute Gasteiger partial charge is 0.335 e. The monoisotopic (exact) mass is 522 g/mol. The summed E-state index contributed by atoms with van der Waals surface area (Å²) in [7, 11) is 0. The zero-order chi connectivity index (χ0) is 26.9. The first-order valence-electron chi connectivity index (χ1n) is 10.4. The molecule has 186 valence electrons. The van der Waals surface area contributed by atoms with Crippen LogP contribution in [0, 0.1) is 27.2 Å². The van der Waals surface area contributed by atoms with Gasteiger partial charge in [-0.2, -0.15) is 0 Å². The molecule has 3 aromatic carbocycles. The Morgan fingerprint density at radius 2 is 1.68 bits per heavy atom. The lowest BCUT2D eigenvalue weighted by molar-refractivity contribution is -0.394. The second kappa shape index (κ2) is 9.87. The molecule has 1 saturated heterocycles. The van der Waals surface area contributed by atoms with E-state index in [9.17, 15) is 34.6 Å². The molecule has 13 heteroatoms. The summed E-state index contributed by atoms with van der Waals surface area (Å²) in [6.45, 7) is 1.66. The van der Waals surface area contributed by atoms with Crippen molar-refractivity contribution in [3.63, 3.8) is 0 Å². The van der Waals surface area contributed by atoms with Crippen LogP contribution in [0.5, 0.6) is 11.5 Å². The Morgan fingerprint density at radius 1 is 0.946 bits per heavy atom. The number of hydrogen-bond acceptors (Lipinski definition) is 8. The largest absolute Gasteiger partial charge is 0.449 e. The van der Waals surface area contributed by atoms with Gasteiger partial charge in [-0.05, 0) is 42.8 Å². The van der Waals surface area contributed by atoms with E-state index in [1.54, 1.807) is 31.2 Å². The van der Waals surface area contributed by atoms with Crippen LogP contribution in [0.25, 0.3) is 6.08 Å². The van der Waals surface area contributed by atoms with Gasteiger partial charge in [-0.3, -0.25) is 35.1 Å². The maximum Gasteiger partial charge on any atom is 0.335 e. The molecule has 1 heterocycles. The number of hydrogen-bond donors (Lipinski definition) is 1. The van der Waals surface area contributed by atoms with Crippen molar-refractivity contribution in [3.8, 4) is 11.5 Å². The number of carbonyl (C=O) groups is 3. The van der Waals surface area contributed by atoms with Crippen LogP contribution in [0.4, 0.5) is 21.9 Å². The third-order valence-corrected chi connectivity index (χ3v) is 5.54. The molecule has 1 fully saturated rings. The fraction of sp³-hybridized carbons (Fsp3) is 0.0417. The Hall–Kier alpha value is -5.10. The highest BCUT2D eigenvalue weighted by molar-refractivity contribution is 6.39. The number of benzene rings is 3. The first-order valence-corrected chi connectivity index (χ1v) is 10.8. The number of carbonyl (C=O) groups excluding carboxylic acids is 3. The fourth-order valence-corrected chi connectivity index (χ4v) is 3.68. The number of nitro benzene ring substituents is 2. The number of ether oxygens (including phenoxy) is 1. The van der Waals surface area contributed by atoms with Gasteiger partial charge in [0, 0.05) is 16.7 Å². The van der Waals surface area contributed by atoms with Gasteiger partial charge in [0.05, 0.1) is 21.6 Å². The summed E-state index contributed by atoms with van der Waals surface area (Å²) in [6.07, 6.45) is 1.17. The second-order valence-electron chi connectivity index (χ2n) is 7.69. The zero-order valence-corrected chi connectivity index (χ0v) is 19.6. The van der Waals surface area contributed by atoms with Crippen molar-refractivity contribution in [3.05, 3.63) is 103 Å². The Bertz CT molecular complexity index is 1530. The third kappa shape index (κ3) is 4.99. The zero-order valence-electron chi connectivity index (χ0n) is 18.8. The minimum Gasteiger partial charge on any atom is -0.449 e. The van der Waals surface area contributed by atoms with Gasteiger partial charge in [0.1, 0.15) is 11.3 Å². The van der Waals surface area contributed by atoms with Crippen LogP contribution in [0.15, 0.2) is 66.2 Å². The molecule has 0 atom stereocenters. The lowest BCUT2D eigenvalue weighted by atomic mass is 10.0. The minimum absolute atomic E-state index is 0.00920. The summed E-state index contributed by atoms with van der Waals surface area (Å²) in [5.41, 5.74) is -0.661. The molecule has 0 spiro atoms. The van der Waals surface area contributed by atoms with E-state index in [0.717, 1.165) is 23.1 Å². The normalized spacial score (nSPS) is 14.5. The SMILES string of the molecule is Cc1ccc(Cl)cc1N1C(=O)NC(=O)/C(=C\c2ccccc2Oc2ccc([N+](=O)[O-])cc2[N+](=O)[O-])C1=O. The average Bonchev–Trinajstić information content (AvgIpc) is 2.84. The predicted molar refractivity (Wildman–Crippen MR) is 131 cm³/mol. The van der Waals surface area contributed by atoms with Crippen molar-refractivity contribution in [1.29, 1.82) is 0 Å². The van der Waals surface area contributed by atoms with Gasteiger partial charge in [0.15, 0.2) is 0 Å². The Labute approximate surface area is 213 Å². The van der Waals surface area contributed by atoms with Crippen LogP contribution in [0.2, 0.25) is 5.02 Å². The summed E-state index contributed by atoms with van der Waals surface area (Å²) in [6, 6.07) is 12.5. The number of imide groups is 2. The lowest BCUT2D eigenvalue weighted by Crippen LogP contribution is -2.54. The number of amides is 4. The number of rotatable bonds is 6. The van der Waals surface area contributed by atoms with Crippen LogP contribution in [0.3, 0.4) is 0 Å². The maximum absolute atomic E-state index is 13.3. The van der Waals surface area contributed by atoms with E-state index in [-0.39, 0.29) is 27.8 Å². The molecule has 0 radical (unpaired) electrons. The van der Waals surface area contributed by atoms with E-state index >= 15 is 0 Å². The van der Waals surface area contributed by atoms with Gasteiger partial charge in [-0.25, -0.2) is 9.69 Å². The molecule has 4 amide bonds. The fourth-order valence-electron chi connectivity index (χ4n) is 3.51. The minimum atomic E-state index is -0.956. The summed E-state index contributed by atoms with van der Waals surface area (Å²) < 4.78 is 5.67. The summed E-state index contributed by atoms with van der Waals surface area (Å²) in [5.74, 6) is -2.17. The molecular weight excluding hydrogens is 508 g/mol. The molecule has 37 heavy (non-hydrogen) atoms. The number of aryl methyl sites for hydroxylation is 1. The Morgan fingerprint density at radius 3 is 2.38 bits per heavy atom. The number of para-hydroxylation sites is 1. The highest BCUT2D eigenvalue weighted by Crippen LogP contribution is 2.36. The van der Waals surface area contributed by atoms with E-state index in [0.29, 0.717) is 5.56 Å². The summed E-state index contributed by atoms with van der Waals surface area (Å²) >= 11 is 6.03. The standard InChI is InChI=1S/C24H15ClN4O8/c1-13-6-7-15(25)11-18(13)27-23(31)17(22(30)26-24(27)32)10-14-4-2-3-5-20(14)37-21-9-8-16(28(33)34)12-19(21)29(35)36/h2-12H,1H3,(H,26,30,32)/b17-10+. The Balaban J connectivity index is 1.75. The molecule has 0 aromatic heterocycles. The van der Waals surface area contributed by atoms with Crippen LogP contribution in [0.1, 0.15) is 11.1 Å². The van der Waals surface area contributed by atoms with E-state index in [4.69, 9.17) is 16.3 Å². The maximum atomic E-state index is 13.3. The molecule has 1 N–H and O–H groups in total. The van der Waals surface area contributed by atoms with Gasteiger partial charge in [0.25, 0.3) is 17.5 Å². The van der Waals surface area contributed by atoms with Crippen LogP contribution < -0.4 is 15.0 Å². The first-order chi connectivity index (χ1) is 17.6. The van der Waals surface area contributed by atoms with Crippen molar-refractivity contribution in [2.75, 3.05) is 4.90 Å². The number of non-ortho nitro benzene ring substituents is 1. The van der Waals surface area contributed by atoms with E-state index in [1.165, 1.54) is 24.3 Å². The number of nitro groups is 2. The summed E-state index contributed by atoms with van der Waals surface area (Å²) in [5, 5.41) is 24.9. The molecular formula is C24H15ClN4O8. The van der Waals surface area contributed by atoms with E-state index in [1.807, 2.05) is 0 Å². The molecule has 0 bridgehead atoms. The van der Waals surface area contributed by atoms with Crippen molar-refractivity contribution in [1.82, 2.24) is 5.32 Å². The Kier molecular flexibility index (Phi) is 6.67. The van der Waals surface area contributed by atoms with Crippen molar-refractivity contribution >= 4 is 52.6 Å². The van der Waals surface area contributed by atoms with Gasteiger partial charge in [-0.15, -0.1) is 0 Å². The van der Waals surface area contributed by atoms with Crippen molar-refractivity contribution in [2.24, 2.45) is 0 Å². The molecule has 0 unspecified atom stereocenters. The highest BCUT2D eigenvalue weighted by atomic mass is 35.5. The highest BCUT2D eigenvalue weighted by Gasteiger charge is 2.37. The molecule has 0 aliphatic carbocycles. The molecule has 12 nitrogen and oxygen atoms in total. The van der Waals surface area contributed by atoms with Crippen LogP contribution in [-0.2, 0) is 9.59 Å². The third-order valence-electron chi connectivity index (χ3n) is 5.30. The number of nitrogens with one attached hydrogen (secondary N) is 1. The topological polar surface area (TPSA) is 162 Å². The predicted octanol–water partition coefficient (Wildman–Crippen LogP) is 4.92. The number of nitrogens with zero attached hydrogens (tertiary/aromatic N) is 3. The second-order valence-corrected chi connectivity index (χ2v) is 8.13. The lowest BCUT2D eigenvalue weighted by Gasteiger charge is -2.27. The van der Waals surface area contributed by atoms with Gasteiger partial charge in [0.2, 0.25) is 5.75 Å². The van der Waals surface area contributed by atoms with Gasteiger partial charge < -0.3 is 4.74 Å². The quantitative estimate of drug-likeness (QED) is 0.206. The molecule has 1 aliphatic rings.